The molecule has 0 aliphatic carbocycles. The van der Waals surface area contributed by atoms with Crippen LogP contribution in [0.5, 0.6) is 0 Å². The summed E-state index contributed by atoms with van der Waals surface area (Å²) in [5, 5.41) is 15.7. The molecule has 5 nitrogen and oxygen atoms in total. The number of aromatic carboxylic acids is 1. The van der Waals surface area contributed by atoms with E-state index >= 15 is 0 Å². The van der Waals surface area contributed by atoms with Crippen molar-refractivity contribution in [3.8, 4) is 0 Å². The first-order valence-corrected chi connectivity index (χ1v) is 12.7. The highest BCUT2D eigenvalue weighted by molar-refractivity contribution is 5.88. The fourth-order valence-corrected chi connectivity index (χ4v) is 5.60. The second-order valence-corrected chi connectivity index (χ2v) is 9.88. The summed E-state index contributed by atoms with van der Waals surface area (Å²) in [5.74, 6) is 0.785. The van der Waals surface area contributed by atoms with Crippen LogP contribution in [0.4, 0.5) is 5.82 Å². The summed E-state index contributed by atoms with van der Waals surface area (Å²) < 4.78 is 0. The zero-order chi connectivity index (χ0) is 25.1. The maximum absolute atomic E-state index is 11.4. The van der Waals surface area contributed by atoms with Crippen molar-refractivity contribution < 1.29 is 9.90 Å². The maximum atomic E-state index is 11.4. The number of pyridine rings is 1. The van der Waals surface area contributed by atoms with E-state index in [-0.39, 0.29) is 11.6 Å². The molecule has 5 rings (SSSR count). The van der Waals surface area contributed by atoms with E-state index in [9.17, 15) is 9.90 Å². The molecule has 2 N–H and O–H groups in total. The van der Waals surface area contributed by atoms with Gasteiger partial charge in [0.05, 0.1) is 5.56 Å². The van der Waals surface area contributed by atoms with Crippen LogP contribution in [-0.2, 0) is 0 Å². The lowest BCUT2D eigenvalue weighted by molar-refractivity contribution is 0.0696. The number of rotatable bonds is 7. The molecule has 2 heterocycles. The van der Waals surface area contributed by atoms with Gasteiger partial charge in [-0.25, -0.2) is 9.78 Å². The van der Waals surface area contributed by atoms with E-state index in [4.69, 9.17) is 0 Å². The van der Waals surface area contributed by atoms with E-state index in [0.717, 1.165) is 37.4 Å². The third-order valence-electron chi connectivity index (χ3n) is 7.56. The van der Waals surface area contributed by atoms with Crippen molar-refractivity contribution in [1.29, 1.82) is 0 Å². The molecule has 0 radical (unpaired) electrons. The van der Waals surface area contributed by atoms with Crippen molar-refractivity contribution >= 4 is 22.6 Å². The number of piperidine rings is 1. The van der Waals surface area contributed by atoms with Gasteiger partial charge < -0.3 is 15.3 Å². The standard InChI is InChI=1S/C31H33N3O2/c1-21-17-26(31(35)36)19-33-30(21)34-16-15-25(29(20-34)24-9-4-3-5-10-24)18-32-22(2)27-14-8-12-23-11-6-7-13-28(23)27/h3-14,17,19,22,25,29,32H,15-16,18,20H2,1-2H3,(H,35,36)/t22-,25?,29?/m1/s1. The lowest BCUT2D eigenvalue weighted by atomic mass is 9.80. The molecular formula is C31H33N3O2. The van der Waals surface area contributed by atoms with Gasteiger partial charge in [0, 0.05) is 31.2 Å². The molecule has 3 atom stereocenters. The van der Waals surface area contributed by atoms with Gasteiger partial charge in [-0.1, -0.05) is 72.8 Å². The SMILES string of the molecule is Cc1cc(C(=O)O)cnc1N1CCC(CN[C@H](C)c2cccc3ccccc23)C(c2ccccc2)C1. The predicted molar refractivity (Wildman–Crippen MR) is 146 cm³/mol. The molecule has 1 fully saturated rings. The molecule has 2 unspecified atom stereocenters. The molecule has 0 saturated carbocycles. The van der Waals surface area contributed by atoms with Gasteiger partial charge >= 0.3 is 5.97 Å². The van der Waals surface area contributed by atoms with Crippen molar-refractivity contribution in [2.24, 2.45) is 5.92 Å². The minimum Gasteiger partial charge on any atom is -0.478 e. The number of hydrogen-bond donors (Lipinski definition) is 2. The Bertz CT molecular complexity index is 1350. The van der Waals surface area contributed by atoms with Crippen molar-refractivity contribution in [3.63, 3.8) is 0 Å². The van der Waals surface area contributed by atoms with Crippen LogP contribution < -0.4 is 10.2 Å². The average molecular weight is 480 g/mol. The van der Waals surface area contributed by atoms with Crippen molar-refractivity contribution in [1.82, 2.24) is 10.3 Å². The first-order chi connectivity index (χ1) is 17.5. The fourth-order valence-electron chi connectivity index (χ4n) is 5.60. The Morgan fingerprint density at radius 3 is 2.61 bits per heavy atom. The Balaban J connectivity index is 1.35. The summed E-state index contributed by atoms with van der Waals surface area (Å²) in [4.78, 5) is 18.2. The topological polar surface area (TPSA) is 65.5 Å². The first kappa shape index (κ1) is 24.0. The number of carbonyl (C=O) groups is 1. The summed E-state index contributed by atoms with van der Waals surface area (Å²) >= 11 is 0. The van der Waals surface area contributed by atoms with Crippen LogP contribution in [0.3, 0.4) is 0 Å². The van der Waals surface area contributed by atoms with Gasteiger partial charge in [-0.2, -0.15) is 0 Å². The number of fused-ring (bicyclic) bond motifs is 1. The summed E-state index contributed by atoms with van der Waals surface area (Å²) in [6.07, 6.45) is 2.51. The molecule has 5 heteroatoms. The number of aromatic nitrogens is 1. The van der Waals surface area contributed by atoms with E-state index < -0.39 is 5.97 Å². The van der Waals surface area contributed by atoms with Gasteiger partial charge in [0.25, 0.3) is 0 Å². The summed E-state index contributed by atoms with van der Waals surface area (Å²) in [7, 11) is 0. The Morgan fingerprint density at radius 2 is 1.83 bits per heavy atom. The van der Waals surface area contributed by atoms with Crippen LogP contribution in [0.15, 0.2) is 85.1 Å². The van der Waals surface area contributed by atoms with Gasteiger partial charge in [-0.3, -0.25) is 0 Å². The highest BCUT2D eigenvalue weighted by Crippen LogP contribution is 2.35. The lowest BCUT2D eigenvalue weighted by Gasteiger charge is -2.40. The minimum atomic E-state index is -0.940. The molecule has 0 amide bonds. The molecule has 3 aromatic carbocycles. The van der Waals surface area contributed by atoms with Gasteiger partial charge in [0.1, 0.15) is 5.82 Å². The zero-order valence-electron chi connectivity index (χ0n) is 20.9. The number of nitrogens with one attached hydrogen (secondary N) is 1. The number of benzene rings is 3. The summed E-state index contributed by atoms with van der Waals surface area (Å²) in [5.41, 5.74) is 3.81. The van der Waals surface area contributed by atoms with Gasteiger partial charge in [0.15, 0.2) is 0 Å². The fraction of sp³-hybridized carbons (Fsp3) is 0.290. The Morgan fingerprint density at radius 1 is 1.08 bits per heavy atom. The lowest BCUT2D eigenvalue weighted by Crippen LogP contribution is -2.43. The van der Waals surface area contributed by atoms with Crippen LogP contribution in [0, 0.1) is 12.8 Å². The van der Waals surface area contributed by atoms with Crippen LogP contribution in [-0.4, -0.2) is 35.7 Å². The molecule has 1 aromatic heterocycles. The number of aryl methyl sites for hydroxylation is 1. The van der Waals surface area contributed by atoms with E-state index in [1.54, 1.807) is 6.07 Å². The largest absolute Gasteiger partial charge is 0.478 e. The zero-order valence-corrected chi connectivity index (χ0v) is 20.9. The Kier molecular flexibility index (Phi) is 7.01. The average Bonchev–Trinajstić information content (AvgIpc) is 2.91. The number of carboxylic acids is 1. The molecule has 1 aliphatic heterocycles. The molecule has 36 heavy (non-hydrogen) atoms. The summed E-state index contributed by atoms with van der Waals surface area (Å²) in [6, 6.07) is 27.8. The molecule has 4 aromatic rings. The second-order valence-electron chi connectivity index (χ2n) is 9.88. The number of carboxylic acid groups (broad SMARTS) is 1. The third kappa shape index (κ3) is 4.98. The maximum Gasteiger partial charge on any atom is 0.337 e. The predicted octanol–water partition coefficient (Wildman–Crippen LogP) is 6.20. The van der Waals surface area contributed by atoms with Gasteiger partial charge in [0.2, 0.25) is 0 Å². The van der Waals surface area contributed by atoms with Crippen LogP contribution in [0.2, 0.25) is 0 Å². The van der Waals surface area contributed by atoms with Crippen molar-refractivity contribution in [2.75, 3.05) is 24.5 Å². The molecule has 1 aliphatic rings. The minimum absolute atomic E-state index is 0.234. The molecule has 0 spiro atoms. The number of anilines is 1. The first-order valence-electron chi connectivity index (χ1n) is 12.7. The molecule has 0 bridgehead atoms. The van der Waals surface area contributed by atoms with Crippen LogP contribution in [0.25, 0.3) is 10.8 Å². The van der Waals surface area contributed by atoms with Crippen molar-refractivity contribution in [2.45, 2.75) is 32.2 Å². The van der Waals surface area contributed by atoms with Crippen LogP contribution in [0.1, 0.15) is 52.4 Å². The van der Waals surface area contributed by atoms with E-state index in [0.29, 0.717) is 11.8 Å². The third-order valence-corrected chi connectivity index (χ3v) is 7.56. The quantitative estimate of drug-likeness (QED) is 0.330. The number of hydrogen-bond acceptors (Lipinski definition) is 4. The van der Waals surface area contributed by atoms with Crippen molar-refractivity contribution in [3.05, 3.63) is 107 Å². The number of nitrogens with zero attached hydrogens (tertiary/aromatic N) is 2. The van der Waals surface area contributed by atoms with Gasteiger partial charge in [-0.15, -0.1) is 0 Å². The second kappa shape index (κ2) is 10.5. The Hall–Kier alpha value is -3.70. The molecule has 1 saturated heterocycles. The monoisotopic (exact) mass is 479 g/mol. The highest BCUT2D eigenvalue weighted by Gasteiger charge is 2.32. The van der Waals surface area contributed by atoms with Crippen LogP contribution >= 0.6 is 0 Å². The Labute approximate surface area is 212 Å². The smallest absolute Gasteiger partial charge is 0.337 e. The highest BCUT2D eigenvalue weighted by atomic mass is 16.4. The molecule has 184 valence electrons. The summed E-state index contributed by atoms with van der Waals surface area (Å²) in [6.45, 7) is 6.90. The normalized spacial score (nSPS) is 18.8. The van der Waals surface area contributed by atoms with Gasteiger partial charge in [-0.05, 0) is 66.3 Å². The molecular weight excluding hydrogens is 446 g/mol. The van der Waals surface area contributed by atoms with E-state index in [1.165, 1.54) is 28.1 Å². The van der Waals surface area contributed by atoms with E-state index in [1.807, 2.05) is 6.92 Å². The van der Waals surface area contributed by atoms with E-state index in [2.05, 4.69) is 94.9 Å².